The number of halogens is 1. The highest BCUT2D eigenvalue weighted by Gasteiger charge is 2.15. The molecule has 0 radical (unpaired) electrons. The maximum absolute atomic E-state index is 13.0. The van der Waals surface area contributed by atoms with Crippen LogP contribution >= 0.6 is 0 Å². The quantitative estimate of drug-likeness (QED) is 0.333. The van der Waals surface area contributed by atoms with Crippen molar-refractivity contribution in [3.8, 4) is 0 Å². The number of nitrogens with zero attached hydrogens (tertiary/aromatic N) is 1. The van der Waals surface area contributed by atoms with Crippen molar-refractivity contribution in [1.82, 2.24) is 5.32 Å². The second-order valence-electron chi connectivity index (χ2n) is 6.01. The highest BCUT2D eigenvalue weighted by atomic mass is 19.1. The summed E-state index contributed by atoms with van der Waals surface area (Å²) in [4.78, 5) is 21.8. The maximum atomic E-state index is 13.0. The van der Waals surface area contributed by atoms with E-state index in [0.29, 0.717) is 13.0 Å². The lowest BCUT2D eigenvalue weighted by Gasteiger charge is -2.20. The molecule has 0 atom stereocenters. The lowest BCUT2D eigenvalue weighted by Crippen LogP contribution is -2.24. The Labute approximate surface area is 134 Å². The van der Waals surface area contributed by atoms with Gasteiger partial charge in [0.05, 0.1) is 16.6 Å². The Balaban J connectivity index is 2.55. The second-order valence-corrected chi connectivity index (χ2v) is 6.01. The van der Waals surface area contributed by atoms with Gasteiger partial charge in [0, 0.05) is 19.2 Å². The molecule has 0 fully saturated rings. The van der Waals surface area contributed by atoms with Gasteiger partial charge in [-0.2, -0.15) is 0 Å². The minimum Gasteiger partial charge on any atom is -0.396 e. The summed E-state index contributed by atoms with van der Waals surface area (Å²) in [6.07, 6.45) is 3.93. The summed E-state index contributed by atoms with van der Waals surface area (Å²) in [7, 11) is 0. The number of nitrogens with one attached hydrogen (secondary N) is 1. The minimum absolute atomic E-state index is 0.0785. The zero-order valence-electron chi connectivity index (χ0n) is 13.2. The van der Waals surface area contributed by atoms with Crippen molar-refractivity contribution in [2.75, 3.05) is 13.2 Å². The Morgan fingerprint density at radius 3 is 2.78 bits per heavy atom. The van der Waals surface area contributed by atoms with E-state index >= 15 is 0 Å². The SMILES string of the molecule is CC(C)(CO)CCCNC(=O)/C=C/c1ccc(F)cc1[N+](=O)[O-]. The Hall–Kier alpha value is -2.28. The van der Waals surface area contributed by atoms with Crippen molar-refractivity contribution < 1.29 is 19.2 Å². The van der Waals surface area contributed by atoms with Gasteiger partial charge in [-0.15, -0.1) is 0 Å². The predicted octanol–water partition coefficient (Wildman–Crippen LogP) is 2.66. The van der Waals surface area contributed by atoms with E-state index in [1.807, 2.05) is 13.8 Å². The lowest BCUT2D eigenvalue weighted by molar-refractivity contribution is -0.385. The van der Waals surface area contributed by atoms with Gasteiger partial charge in [0.25, 0.3) is 5.69 Å². The third-order valence-electron chi connectivity index (χ3n) is 3.36. The zero-order valence-corrected chi connectivity index (χ0v) is 13.2. The Morgan fingerprint density at radius 2 is 2.17 bits per heavy atom. The molecule has 0 unspecified atom stereocenters. The predicted molar refractivity (Wildman–Crippen MR) is 85.2 cm³/mol. The summed E-state index contributed by atoms with van der Waals surface area (Å²) in [6, 6.07) is 3.16. The number of nitro groups is 1. The molecule has 0 aliphatic rings. The fraction of sp³-hybridized carbons (Fsp3) is 0.438. The van der Waals surface area contributed by atoms with Crippen LogP contribution in [0.2, 0.25) is 0 Å². The minimum atomic E-state index is -0.704. The Morgan fingerprint density at radius 1 is 1.48 bits per heavy atom. The van der Waals surface area contributed by atoms with Crippen LogP contribution in [0.3, 0.4) is 0 Å². The van der Waals surface area contributed by atoms with Gasteiger partial charge in [0.15, 0.2) is 0 Å². The van der Waals surface area contributed by atoms with E-state index < -0.39 is 16.4 Å². The number of aliphatic hydroxyl groups excluding tert-OH is 1. The highest BCUT2D eigenvalue weighted by Crippen LogP contribution is 2.21. The van der Waals surface area contributed by atoms with Gasteiger partial charge in [0.2, 0.25) is 5.91 Å². The van der Waals surface area contributed by atoms with Gasteiger partial charge >= 0.3 is 0 Å². The molecule has 1 amide bonds. The van der Waals surface area contributed by atoms with Crippen LogP contribution in [-0.4, -0.2) is 29.1 Å². The van der Waals surface area contributed by atoms with E-state index in [2.05, 4.69) is 5.32 Å². The van der Waals surface area contributed by atoms with Crippen LogP contribution in [0.5, 0.6) is 0 Å². The first kappa shape index (κ1) is 18.8. The third-order valence-corrected chi connectivity index (χ3v) is 3.36. The molecule has 2 N–H and O–H groups in total. The summed E-state index contributed by atoms with van der Waals surface area (Å²) >= 11 is 0. The average Bonchev–Trinajstić information content (AvgIpc) is 2.50. The zero-order chi connectivity index (χ0) is 17.5. The van der Waals surface area contributed by atoms with E-state index in [9.17, 15) is 19.3 Å². The van der Waals surface area contributed by atoms with Crippen molar-refractivity contribution in [3.63, 3.8) is 0 Å². The first-order valence-corrected chi connectivity index (χ1v) is 7.26. The van der Waals surface area contributed by atoms with E-state index in [1.54, 1.807) is 0 Å². The molecule has 0 spiro atoms. The molecule has 1 aromatic rings. The van der Waals surface area contributed by atoms with Gasteiger partial charge in [-0.05, 0) is 36.5 Å². The molecule has 23 heavy (non-hydrogen) atoms. The van der Waals surface area contributed by atoms with Crippen LogP contribution in [-0.2, 0) is 4.79 Å². The molecule has 0 heterocycles. The Bertz CT molecular complexity index is 600. The standard InChI is InChI=1S/C16H21FN2O4/c1-16(2,11-20)8-3-9-18-15(21)7-5-12-4-6-13(17)10-14(12)19(22)23/h4-7,10,20H,3,8-9,11H2,1-2H3,(H,18,21)/b7-5+. The van der Waals surface area contributed by atoms with E-state index in [1.165, 1.54) is 18.2 Å². The molecule has 6 nitrogen and oxygen atoms in total. The maximum Gasteiger partial charge on any atom is 0.279 e. The molecular formula is C16H21FN2O4. The summed E-state index contributed by atoms with van der Waals surface area (Å²) in [5.74, 6) is -1.09. The number of hydrogen-bond acceptors (Lipinski definition) is 4. The smallest absolute Gasteiger partial charge is 0.279 e. The van der Waals surface area contributed by atoms with Gasteiger partial charge in [-0.25, -0.2) is 4.39 Å². The summed E-state index contributed by atoms with van der Waals surface area (Å²) in [5.41, 5.74) is -0.415. The Kier molecular flexibility index (Phi) is 6.84. The number of rotatable bonds is 8. The number of nitro benzene ring substituents is 1. The molecule has 0 bridgehead atoms. The number of carbonyl (C=O) groups excluding carboxylic acids is 1. The summed E-state index contributed by atoms with van der Waals surface area (Å²) in [5, 5.41) is 22.6. The molecule has 0 saturated carbocycles. The molecular weight excluding hydrogens is 303 g/mol. The van der Waals surface area contributed by atoms with Crippen molar-refractivity contribution in [3.05, 3.63) is 45.8 Å². The summed E-state index contributed by atoms with van der Waals surface area (Å²) in [6.45, 7) is 4.39. The van der Waals surface area contributed by atoms with E-state index in [0.717, 1.165) is 18.6 Å². The molecule has 1 rings (SSSR count). The number of amides is 1. The topological polar surface area (TPSA) is 92.5 Å². The number of benzene rings is 1. The van der Waals surface area contributed by atoms with Gasteiger partial charge in [-0.3, -0.25) is 14.9 Å². The van der Waals surface area contributed by atoms with Gasteiger partial charge in [-0.1, -0.05) is 13.8 Å². The molecule has 0 aliphatic carbocycles. The first-order valence-electron chi connectivity index (χ1n) is 7.26. The third kappa shape index (κ3) is 6.56. The van der Waals surface area contributed by atoms with Crippen molar-refractivity contribution in [2.24, 2.45) is 5.41 Å². The van der Waals surface area contributed by atoms with Crippen LogP contribution in [0.25, 0.3) is 6.08 Å². The van der Waals surface area contributed by atoms with Crippen LogP contribution in [0.15, 0.2) is 24.3 Å². The van der Waals surface area contributed by atoms with Crippen LogP contribution < -0.4 is 5.32 Å². The normalized spacial score (nSPS) is 11.7. The first-order chi connectivity index (χ1) is 10.7. The van der Waals surface area contributed by atoms with E-state index in [-0.39, 0.29) is 23.5 Å². The van der Waals surface area contributed by atoms with Crippen LogP contribution in [0.1, 0.15) is 32.3 Å². The molecule has 0 saturated heterocycles. The van der Waals surface area contributed by atoms with Crippen LogP contribution in [0.4, 0.5) is 10.1 Å². The van der Waals surface area contributed by atoms with Gasteiger partial charge in [0.1, 0.15) is 5.82 Å². The van der Waals surface area contributed by atoms with E-state index in [4.69, 9.17) is 5.11 Å². The number of hydrogen-bond donors (Lipinski definition) is 2. The molecule has 0 aromatic heterocycles. The lowest BCUT2D eigenvalue weighted by atomic mass is 9.89. The average molecular weight is 324 g/mol. The molecule has 0 aliphatic heterocycles. The monoisotopic (exact) mass is 324 g/mol. The van der Waals surface area contributed by atoms with Gasteiger partial charge < -0.3 is 10.4 Å². The fourth-order valence-electron chi connectivity index (χ4n) is 1.90. The number of carbonyl (C=O) groups is 1. The van der Waals surface area contributed by atoms with Crippen LogP contribution in [0, 0.1) is 21.3 Å². The van der Waals surface area contributed by atoms with Crippen molar-refractivity contribution in [1.29, 1.82) is 0 Å². The summed E-state index contributed by atoms with van der Waals surface area (Å²) < 4.78 is 13.0. The second kappa shape index (κ2) is 8.38. The van der Waals surface area contributed by atoms with Crippen molar-refractivity contribution >= 4 is 17.7 Å². The largest absolute Gasteiger partial charge is 0.396 e. The number of aliphatic hydroxyl groups is 1. The van der Waals surface area contributed by atoms with Crippen molar-refractivity contribution in [2.45, 2.75) is 26.7 Å². The molecule has 1 aromatic carbocycles. The highest BCUT2D eigenvalue weighted by molar-refractivity contribution is 5.92. The molecule has 126 valence electrons. The fourth-order valence-corrected chi connectivity index (χ4v) is 1.90. The molecule has 7 heteroatoms.